The lowest BCUT2D eigenvalue weighted by Crippen LogP contribution is -2.49. The molecule has 0 aliphatic rings. The SMILES string of the molecule is Cc1ccc(N([C@@H](C)C(=O)NC(C)C)S(C)(=O)=O)cc1. The second kappa shape index (κ2) is 6.26. The number of rotatable bonds is 5. The number of benzene rings is 1. The Morgan fingerprint density at radius 3 is 2.05 bits per heavy atom. The standard InChI is InChI=1S/C14H22N2O3S/c1-10(2)15-14(17)12(4)16(20(5,18)19)13-8-6-11(3)7-9-13/h6-10,12H,1-5H3,(H,15,17)/t12-/m0/s1. The van der Waals surface area contributed by atoms with Gasteiger partial charge in [0.25, 0.3) is 0 Å². The average Bonchev–Trinajstić information content (AvgIpc) is 2.29. The maximum Gasteiger partial charge on any atom is 0.243 e. The lowest BCUT2D eigenvalue weighted by atomic mass is 10.2. The first-order chi connectivity index (χ1) is 9.12. The molecule has 1 amide bonds. The van der Waals surface area contributed by atoms with Crippen LogP contribution in [-0.2, 0) is 14.8 Å². The van der Waals surface area contributed by atoms with Gasteiger partial charge in [0.1, 0.15) is 6.04 Å². The van der Waals surface area contributed by atoms with Crippen LogP contribution in [0.25, 0.3) is 0 Å². The quantitative estimate of drug-likeness (QED) is 0.899. The average molecular weight is 298 g/mol. The number of carbonyl (C=O) groups is 1. The molecule has 1 aromatic carbocycles. The van der Waals surface area contributed by atoms with Crippen molar-refractivity contribution in [3.05, 3.63) is 29.8 Å². The van der Waals surface area contributed by atoms with Gasteiger partial charge in [0, 0.05) is 6.04 Å². The smallest absolute Gasteiger partial charge is 0.243 e. The van der Waals surface area contributed by atoms with E-state index in [9.17, 15) is 13.2 Å². The highest BCUT2D eigenvalue weighted by Crippen LogP contribution is 2.21. The third-order valence-electron chi connectivity index (χ3n) is 2.81. The number of anilines is 1. The Morgan fingerprint density at radius 1 is 1.15 bits per heavy atom. The van der Waals surface area contributed by atoms with Crippen LogP contribution in [0.3, 0.4) is 0 Å². The Morgan fingerprint density at radius 2 is 1.65 bits per heavy atom. The molecule has 0 fully saturated rings. The van der Waals surface area contributed by atoms with Gasteiger partial charge in [-0.2, -0.15) is 0 Å². The largest absolute Gasteiger partial charge is 0.352 e. The Labute approximate surface area is 121 Å². The van der Waals surface area contributed by atoms with Gasteiger partial charge in [0.05, 0.1) is 11.9 Å². The van der Waals surface area contributed by atoms with Gasteiger partial charge in [-0.1, -0.05) is 17.7 Å². The van der Waals surface area contributed by atoms with E-state index in [0.717, 1.165) is 16.1 Å². The van der Waals surface area contributed by atoms with E-state index in [0.29, 0.717) is 5.69 Å². The summed E-state index contributed by atoms with van der Waals surface area (Å²) in [4.78, 5) is 12.1. The molecule has 1 aromatic rings. The molecule has 0 saturated carbocycles. The Kier molecular flexibility index (Phi) is 5.16. The van der Waals surface area contributed by atoms with Crippen LogP contribution >= 0.6 is 0 Å². The molecule has 0 saturated heterocycles. The van der Waals surface area contributed by atoms with Crippen molar-refractivity contribution in [3.8, 4) is 0 Å². The summed E-state index contributed by atoms with van der Waals surface area (Å²) in [5, 5.41) is 2.73. The molecular weight excluding hydrogens is 276 g/mol. The molecule has 0 heterocycles. The summed E-state index contributed by atoms with van der Waals surface area (Å²) in [5.74, 6) is -0.314. The molecule has 0 aliphatic carbocycles. The van der Waals surface area contributed by atoms with Gasteiger partial charge in [-0.05, 0) is 39.8 Å². The number of carbonyl (C=O) groups excluding carboxylic acids is 1. The molecule has 0 unspecified atom stereocenters. The number of nitrogens with zero attached hydrogens (tertiary/aromatic N) is 1. The fourth-order valence-electron chi connectivity index (χ4n) is 1.91. The number of amides is 1. The zero-order valence-corrected chi connectivity index (χ0v) is 13.4. The number of hydrogen-bond donors (Lipinski definition) is 1. The van der Waals surface area contributed by atoms with Crippen molar-refractivity contribution in [1.29, 1.82) is 0 Å². The zero-order chi connectivity index (χ0) is 15.5. The van der Waals surface area contributed by atoms with Crippen molar-refractivity contribution in [1.82, 2.24) is 5.32 Å². The highest BCUT2D eigenvalue weighted by Gasteiger charge is 2.29. The number of nitrogens with one attached hydrogen (secondary N) is 1. The zero-order valence-electron chi connectivity index (χ0n) is 12.5. The highest BCUT2D eigenvalue weighted by molar-refractivity contribution is 7.92. The number of sulfonamides is 1. The monoisotopic (exact) mass is 298 g/mol. The number of aryl methyl sites for hydroxylation is 1. The van der Waals surface area contributed by atoms with Crippen LogP contribution in [0, 0.1) is 6.92 Å². The molecule has 0 radical (unpaired) electrons. The molecule has 0 aliphatic heterocycles. The van der Waals surface area contributed by atoms with Gasteiger partial charge in [-0.15, -0.1) is 0 Å². The van der Waals surface area contributed by atoms with E-state index in [1.165, 1.54) is 0 Å². The normalized spacial score (nSPS) is 13.1. The van der Waals surface area contributed by atoms with Gasteiger partial charge >= 0.3 is 0 Å². The van der Waals surface area contributed by atoms with E-state index in [4.69, 9.17) is 0 Å². The summed E-state index contributed by atoms with van der Waals surface area (Å²) < 4.78 is 25.1. The first-order valence-corrected chi connectivity index (χ1v) is 8.34. The van der Waals surface area contributed by atoms with Gasteiger partial charge in [0.15, 0.2) is 0 Å². The first kappa shape index (κ1) is 16.5. The topological polar surface area (TPSA) is 66.5 Å². The van der Waals surface area contributed by atoms with Crippen LogP contribution < -0.4 is 9.62 Å². The predicted molar refractivity (Wildman–Crippen MR) is 81.2 cm³/mol. The van der Waals surface area contributed by atoms with Crippen molar-refractivity contribution in [3.63, 3.8) is 0 Å². The van der Waals surface area contributed by atoms with E-state index < -0.39 is 16.1 Å². The van der Waals surface area contributed by atoms with Gasteiger partial charge in [-0.25, -0.2) is 8.42 Å². The Hall–Kier alpha value is -1.56. The minimum Gasteiger partial charge on any atom is -0.352 e. The van der Waals surface area contributed by atoms with Gasteiger partial charge in [0.2, 0.25) is 15.9 Å². The lowest BCUT2D eigenvalue weighted by molar-refractivity contribution is -0.122. The van der Waals surface area contributed by atoms with Crippen LogP contribution in [0.2, 0.25) is 0 Å². The van der Waals surface area contributed by atoms with Crippen molar-refractivity contribution in [2.45, 2.75) is 39.8 Å². The molecule has 1 rings (SSSR count). The van der Waals surface area contributed by atoms with E-state index in [1.54, 1.807) is 19.1 Å². The van der Waals surface area contributed by atoms with Crippen LogP contribution in [0.15, 0.2) is 24.3 Å². The van der Waals surface area contributed by atoms with Crippen LogP contribution in [0.4, 0.5) is 5.69 Å². The second-order valence-corrected chi connectivity index (χ2v) is 7.09. The lowest BCUT2D eigenvalue weighted by Gasteiger charge is -2.28. The second-order valence-electron chi connectivity index (χ2n) is 5.23. The molecule has 1 N–H and O–H groups in total. The van der Waals surface area contributed by atoms with Crippen molar-refractivity contribution in [2.24, 2.45) is 0 Å². The fourth-order valence-corrected chi connectivity index (χ4v) is 3.08. The summed E-state index contributed by atoms with van der Waals surface area (Å²) >= 11 is 0. The minimum atomic E-state index is -3.54. The first-order valence-electron chi connectivity index (χ1n) is 6.49. The molecule has 6 heteroatoms. The van der Waals surface area contributed by atoms with E-state index >= 15 is 0 Å². The van der Waals surface area contributed by atoms with Gasteiger partial charge < -0.3 is 5.32 Å². The summed E-state index contributed by atoms with van der Waals surface area (Å²) in [6.07, 6.45) is 1.10. The summed E-state index contributed by atoms with van der Waals surface area (Å²) in [6, 6.07) is 6.21. The molecule has 0 aromatic heterocycles. The minimum absolute atomic E-state index is 0.0376. The van der Waals surface area contributed by atoms with E-state index in [1.807, 2.05) is 32.9 Å². The molecule has 0 spiro atoms. The van der Waals surface area contributed by atoms with Crippen LogP contribution in [-0.4, -0.2) is 32.7 Å². The summed E-state index contributed by atoms with van der Waals surface area (Å²) in [7, 11) is -3.54. The third-order valence-corrected chi connectivity index (χ3v) is 4.05. The highest BCUT2D eigenvalue weighted by atomic mass is 32.2. The van der Waals surface area contributed by atoms with Gasteiger partial charge in [-0.3, -0.25) is 9.10 Å². The van der Waals surface area contributed by atoms with Crippen LogP contribution in [0.1, 0.15) is 26.3 Å². The van der Waals surface area contributed by atoms with E-state index in [2.05, 4.69) is 5.32 Å². The Balaban J connectivity index is 3.14. The molecule has 1 atom stereocenters. The predicted octanol–water partition coefficient (Wildman–Crippen LogP) is 1.67. The van der Waals surface area contributed by atoms with Crippen molar-refractivity contribution >= 4 is 21.6 Å². The Bertz CT molecular complexity index is 565. The fraction of sp³-hybridized carbons (Fsp3) is 0.500. The number of hydrogen-bond acceptors (Lipinski definition) is 3. The molecule has 0 bridgehead atoms. The van der Waals surface area contributed by atoms with Crippen LogP contribution in [0.5, 0.6) is 0 Å². The summed E-state index contributed by atoms with van der Waals surface area (Å²) in [6.45, 7) is 7.17. The molecular formula is C14H22N2O3S. The third kappa shape index (κ3) is 4.23. The van der Waals surface area contributed by atoms with E-state index in [-0.39, 0.29) is 11.9 Å². The van der Waals surface area contributed by atoms with Crippen molar-refractivity contribution in [2.75, 3.05) is 10.6 Å². The molecule has 5 nitrogen and oxygen atoms in total. The van der Waals surface area contributed by atoms with Crippen molar-refractivity contribution < 1.29 is 13.2 Å². The maximum atomic E-state index is 12.1. The summed E-state index contributed by atoms with van der Waals surface area (Å²) in [5.41, 5.74) is 1.52. The molecule has 20 heavy (non-hydrogen) atoms. The maximum absolute atomic E-state index is 12.1. The molecule has 112 valence electrons.